The summed E-state index contributed by atoms with van der Waals surface area (Å²) in [6, 6.07) is 19.1. The van der Waals surface area contributed by atoms with Crippen molar-refractivity contribution in [3.8, 4) is 5.75 Å². The van der Waals surface area contributed by atoms with E-state index in [2.05, 4.69) is 5.32 Å². The van der Waals surface area contributed by atoms with Gasteiger partial charge in [-0.25, -0.2) is 12.8 Å². The molecular weight excluding hydrogens is 533 g/mol. The van der Waals surface area contributed by atoms with Gasteiger partial charge < -0.3 is 15.0 Å². The van der Waals surface area contributed by atoms with Crippen molar-refractivity contribution in [3.05, 3.63) is 90.2 Å². The first-order valence-corrected chi connectivity index (χ1v) is 14.7. The van der Waals surface area contributed by atoms with E-state index in [1.165, 1.54) is 48.4 Å². The molecule has 10 heteroatoms. The third-order valence-corrected chi connectivity index (χ3v) is 8.87. The minimum Gasteiger partial charge on any atom is -0.495 e. The molecule has 8 nitrogen and oxygen atoms in total. The Morgan fingerprint density at radius 2 is 1.60 bits per heavy atom. The van der Waals surface area contributed by atoms with Crippen LogP contribution in [0, 0.1) is 5.82 Å². The predicted molar refractivity (Wildman–Crippen MR) is 151 cm³/mol. The number of benzene rings is 3. The highest BCUT2D eigenvalue weighted by Gasteiger charge is 2.34. The van der Waals surface area contributed by atoms with Crippen LogP contribution in [0.5, 0.6) is 5.75 Å². The molecule has 0 heterocycles. The van der Waals surface area contributed by atoms with Crippen molar-refractivity contribution < 1.29 is 27.1 Å². The summed E-state index contributed by atoms with van der Waals surface area (Å²) in [6.07, 6.45) is 3.81. The van der Waals surface area contributed by atoms with E-state index in [1.807, 2.05) is 0 Å². The van der Waals surface area contributed by atoms with E-state index >= 15 is 0 Å². The van der Waals surface area contributed by atoms with Crippen LogP contribution in [0.25, 0.3) is 0 Å². The van der Waals surface area contributed by atoms with Gasteiger partial charge in [0.25, 0.3) is 10.0 Å². The fourth-order valence-electron chi connectivity index (χ4n) is 4.83. The van der Waals surface area contributed by atoms with Crippen molar-refractivity contribution in [2.24, 2.45) is 0 Å². The van der Waals surface area contributed by atoms with E-state index in [0.717, 1.165) is 30.0 Å². The first-order chi connectivity index (χ1) is 19.2. The van der Waals surface area contributed by atoms with Gasteiger partial charge in [0.05, 0.1) is 17.7 Å². The molecule has 212 valence electrons. The molecule has 0 radical (unpaired) electrons. The van der Waals surface area contributed by atoms with Gasteiger partial charge in [0.2, 0.25) is 11.8 Å². The Labute approximate surface area is 234 Å². The molecule has 4 rings (SSSR count). The summed E-state index contributed by atoms with van der Waals surface area (Å²) in [6.45, 7) is 1.02. The number of amides is 2. The van der Waals surface area contributed by atoms with Crippen LogP contribution in [0.15, 0.2) is 83.8 Å². The molecule has 0 saturated heterocycles. The van der Waals surface area contributed by atoms with E-state index in [4.69, 9.17) is 4.74 Å². The molecule has 0 unspecified atom stereocenters. The van der Waals surface area contributed by atoms with Crippen LogP contribution in [0.4, 0.5) is 10.1 Å². The number of para-hydroxylation sites is 2. The van der Waals surface area contributed by atoms with E-state index < -0.39 is 34.3 Å². The number of halogens is 1. The highest BCUT2D eigenvalue weighted by molar-refractivity contribution is 7.92. The lowest BCUT2D eigenvalue weighted by atomic mass is 10.1. The lowest BCUT2D eigenvalue weighted by molar-refractivity contribution is -0.139. The van der Waals surface area contributed by atoms with Crippen LogP contribution < -0.4 is 14.4 Å². The molecule has 0 aliphatic heterocycles. The Balaban J connectivity index is 1.70. The molecule has 3 aromatic carbocycles. The maximum absolute atomic E-state index is 14.0. The normalized spacial score (nSPS) is 14.4. The molecule has 1 fully saturated rings. The van der Waals surface area contributed by atoms with Crippen LogP contribution in [0.2, 0.25) is 0 Å². The molecule has 1 aliphatic rings. The number of hydrogen-bond donors (Lipinski definition) is 1. The minimum absolute atomic E-state index is 0.00538. The molecule has 1 saturated carbocycles. The minimum atomic E-state index is -4.20. The molecule has 40 heavy (non-hydrogen) atoms. The standard InChI is InChI=1S/C30H34FN3O5S/c1-22(30(36)32-25-10-6-7-11-25)33(20-23-16-18-24(31)19-17-23)29(35)21-34(27-14-8-9-15-28(27)39-2)40(37,38)26-12-4-3-5-13-26/h3-5,8-9,12-19,22,25H,6-7,10-11,20-21H2,1-2H3,(H,32,36)/t22-/m0/s1. The summed E-state index contributed by atoms with van der Waals surface area (Å²) >= 11 is 0. The highest BCUT2D eigenvalue weighted by atomic mass is 32.2. The largest absolute Gasteiger partial charge is 0.495 e. The number of methoxy groups -OCH3 is 1. The van der Waals surface area contributed by atoms with Gasteiger partial charge in [-0.2, -0.15) is 0 Å². The van der Waals surface area contributed by atoms with E-state index in [9.17, 15) is 22.4 Å². The smallest absolute Gasteiger partial charge is 0.264 e. The van der Waals surface area contributed by atoms with Gasteiger partial charge in [-0.1, -0.05) is 55.3 Å². The Hall–Kier alpha value is -3.92. The van der Waals surface area contributed by atoms with Crippen molar-refractivity contribution >= 4 is 27.5 Å². The number of nitrogens with zero attached hydrogens (tertiary/aromatic N) is 2. The van der Waals surface area contributed by atoms with Gasteiger partial charge in [-0.05, 0) is 61.7 Å². The number of rotatable bonds is 11. The third kappa shape index (κ3) is 6.80. The Kier molecular flexibility index (Phi) is 9.42. The average Bonchev–Trinajstić information content (AvgIpc) is 3.48. The summed E-state index contributed by atoms with van der Waals surface area (Å²) < 4.78 is 47.8. The van der Waals surface area contributed by atoms with Crippen LogP contribution in [-0.2, 0) is 26.2 Å². The molecule has 3 aromatic rings. The Morgan fingerprint density at radius 1 is 0.975 bits per heavy atom. The number of carbonyl (C=O) groups is 2. The lowest BCUT2D eigenvalue weighted by Crippen LogP contribution is -2.52. The fourth-order valence-corrected chi connectivity index (χ4v) is 6.28. The summed E-state index contributed by atoms with van der Waals surface area (Å²) in [4.78, 5) is 28.6. The van der Waals surface area contributed by atoms with E-state index in [-0.39, 0.29) is 34.8 Å². The molecule has 0 aromatic heterocycles. The molecule has 1 aliphatic carbocycles. The zero-order valence-corrected chi connectivity index (χ0v) is 23.4. The van der Waals surface area contributed by atoms with Crippen LogP contribution in [0.3, 0.4) is 0 Å². The van der Waals surface area contributed by atoms with Gasteiger partial charge >= 0.3 is 0 Å². The van der Waals surface area contributed by atoms with Crippen molar-refractivity contribution in [1.29, 1.82) is 0 Å². The zero-order chi connectivity index (χ0) is 28.7. The van der Waals surface area contributed by atoms with Crippen LogP contribution in [-0.4, -0.2) is 50.9 Å². The van der Waals surface area contributed by atoms with Crippen molar-refractivity contribution in [2.45, 2.75) is 56.1 Å². The number of hydrogen-bond acceptors (Lipinski definition) is 5. The molecular formula is C30H34FN3O5S. The first kappa shape index (κ1) is 29.1. The second-order valence-electron chi connectivity index (χ2n) is 9.81. The Bertz CT molecular complexity index is 1410. The summed E-state index contributed by atoms with van der Waals surface area (Å²) in [5.41, 5.74) is 0.789. The fraction of sp³-hybridized carbons (Fsp3) is 0.333. The number of carbonyl (C=O) groups excluding carboxylic acids is 2. The number of anilines is 1. The van der Waals surface area contributed by atoms with Crippen molar-refractivity contribution in [1.82, 2.24) is 10.2 Å². The molecule has 1 N–H and O–H groups in total. The number of sulfonamides is 1. The molecule has 2 amide bonds. The van der Waals surface area contributed by atoms with Crippen molar-refractivity contribution in [3.63, 3.8) is 0 Å². The maximum Gasteiger partial charge on any atom is 0.264 e. The second kappa shape index (κ2) is 13.0. The monoisotopic (exact) mass is 567 g/mol. The second-order valence-corrected chi connectivity index (χ2v) is 11.7. The van der Waals surface area contributed by atoms with Crippen molar-refractivity contribution in [2.75, 3.05) is 18.0 Å². The summed E-state index contributed by atoms with van der Waals surface area (Å²) in [5.74, 6) is -1.07. The van der Waals surface area contributed by atoms with Crippen LogP contribution in [0.1, 0.15) is 38.2 Å². The highest BCUT2D eigenvalue weighted by Crippen LogP contribution is 2.32. The maximum atomic E-state index is 14.0. The molecule has 0 spiro atoms. The number of nitrogens with one attached hydrogen (secondary N) is 1. The third-order valence-electron chi connectivity index (χ3n) is 7.10. The Morgan fingerprint density at radius 3 is 2.25 bits per heavy atom. The van der Waals surface area contributed by atoms with Gasteiger partial charge in [-0.15, -0.1) is 0 Å². The molecule has 0 bridgehead atoms. The SMILES string of the molecule is COc1ccccc1N(CC(=O)N(Cc1ccc(F)cc1)[C@@H](C)C(=O)NC1CCCC1)S(=O)(=O)c1ccccc1. The quantitative estimate of drug-likeness (QED) is 0.368. The van der Waals surface area contributed by atoms with E-state index in [0.29, 0.717) is 5.56 Å². The van der Waals surface area contributed by atoms with Crippen LogP contribution >= 0.6 is 0 Å². The van der Waals surface area contributed by atoms with E-state index in [1.54, 1.807) is 49.4 Å². The average molecular weight is 568 g/mol. The predicted octanol–water partition coefficient (Wildman–Crippen LogP) is 4.51. The van der Waals surface area contributed by atoms with Gasteiger partial charge in [0.1, 0.15) is 24.2 Å². The first-order valence-electron chi connectivity index (χ1n) is 13.3. The topological polar surface area (TPSA) is 96.0 Å². The molecule has 1 atom stereocenters. The van der Waals surface area contributed by atoms with Gasteiger partial charge in [-0.3, -0.25) is 13.9 Å². The number of ether oxygens (including phenoxy) is 1. The zero-order valence-electron chi connectivity index (χ0n) is 22.6. The summed E-state index contributed by atoms with van der Waals surface area (Å²) in [7, 11) is -2.78. The van der Waals surface area contributed by atoms with Gasteiger partial charge in [0, 0.05) is 12.6 Å². The van der Waals surface area contributed by atoms with Gasteiger partial charge in [0.15, 0.2) is 0 Å². The lowest BCUT2D eigenvalue weighted by Gasteiger charge is -2.32. The summed E-state index contributed by atoms with van der Waals surface area (Å²) in [5, 5.41) is 3.02.